The second-order valence-electron chi connectivity index (χ2n) is 6.35. The molecule has 0 atom stereocenters. The molecule has 26 heavy (non-hydrogen) atoms. The lowest BCUT2D eigenvalue weighted by Gasteiger charge is -2.21. The fourth-order valence-electron chi connectivity index (χ4n) is 3.07. The molecule has 0 bridgehead atoms. The molecular formula is C18H23N5O3. The lowest BCUT2D eigenvalue weighted by Crippen LogP contribution is -2.16. The fraction of sp³-hybridized carbons (Fsp3) is 0.444. The summed E-state index contributed by atoms with van der Waals surface area (Å²) < 4.78 is 11.0. The first kappa shape index (κ1) is 17.9. The normalized spacial score (nSPS) is 14.7. The van der Waals surface area contributed by atoms with Crippen molar-refractivity contribution in [2.24, 2.45) is 11.1 Å². The third kappa shape index (κ3) is 4.38. The van der Waals surface area contributed by atoms with E-state index in [1.165, 1.54) is 19.3 Å². The molecule has 1 aromatic carbocycles. The van der Waals surface area contributed by atoms with E-state index in [1.807, 2.05) is 18.2 Å². The first-order chi connectivity index (χ1) is 12.7. The Morgan fingerprint density at radius 1 is 1.27 bits per heavy atom. The number of anilines is 3. The predicted octanol–water partition coefficient (Wildman–Crippen LogP) is 4.17. The van der Waals surface area contributed by atoms with Crippen LogP contribution in [0.15, 0.2) is 29.4 Å². The zero-order valence-corrected chi connectivity index (χ0v) is 14.8. The van der Waals surface area contributed by atoms with Gasteiger partial charge in [-0.25, -0.2) is 0 Å². The van der Waals surface area contributed by atoms with Gasteiger partial charge in [-0.3, -0.25) is 0 Å². The second-order valence-corrected chi connectivity index (χ2v) is 6.35. The van der Waals surface area contributed by atoms with E-state index < -0.39 is 0 Å². The van der Waals surface area contributed by atoms with Crippen molar-refractivity contribution >= 4 is 23.1 Å². The standard InChI is InChI=1S/C18H23N5O3/c1-25-14-9-5-8-13(10-14)20-18-21-16(19)15(23-24)17(22-18)26-11-12-6-3-2-4-7-12/h5,8-10,12H,2-4,6-7,11H2,1H3,(H3,19,20,21,22). The van der Waals surface area contributed by atoms with Crippen molar-refractivity contribution in [1.82, 2.24) is 9.97 Å². The van der Waals surface area contributed by atoms with Gasteiger partial charge in [-0.1, -0.05) is 25.3 Å². The summed E-state index contributed by atoms with van der Waals surface area (Å²) in [6, 6.07) is 7.31. The number of nitroso groups, excluding NO2 is 1. The van der Waals surface area contributed by atoms with Crippen LogP contribution in [0.4, 0.5) is 23.1 Å². The minimum absolute atomic E-state index is 0.0148. The van der Waals surface area contributed by atoms with Crippen molar-refractivity contribution in [3.63, 3.8) is 0 Å². The Kier molecular flexibility index (Phi) is 5.83. The number of nitrogens with zero attached hydrogens (tertiary/aromatic N) is 3. The molecule has 8 heteroatoms. The summed E-state index contributed by atoms with van der Waals surface area (Å²) in [6.07, 6.45) is 5.94. The maximum Gasteiger partial charge on any atom is 0.250 e. The number of nitrogens with one attached hydrogen (secondary N) is 1. The van der Waals surface area contributed by atoms with Crippen LogP contribution in [0.1, 0.15) is 32.1 Å². The van der Waals surface area contributed by atoms with E-state index in [4.69, 9.17) is 15.2 Å². The van der Waals surface area contributed by atoms with Gasteiger partial charge in [-0.15, -0.1) is 4.91 Å². The van der Waals surface area contributed by atoms with Gasteiger partial charge in [0.25, 0.3) is 5.88 Å². The molecule has 3 N–H and O–H groups in total. The highest BCUT2D eigenvalue weighted by molar-refractivity contribution is 5.67. The van der Waals surface area contributed by atoms with E-state index in [9.17, 15) is 4.91 Å². The SMILES string of the molecule is COc1cccc(Nc2nc(N)c(N=O)c(OCC3CCCCC3)n2)c1. The van der Waals surface area contributed by atoms with Crippen molar-refractivity contribution in [1.29, 1.82) is 0 Å². The molecule has 1 heterocycles. The van der Waals surface area contributed by atoms with Gasteiger partial charge in [0, 0.05) is 11.8 Å². The Morgan fingerprint density at radius 3 is 2.81 bits per heavy atom. The molecule has 0 radical (unpaired) electrons. The Hall–Kier alpha value is -2.90. The number of nitrogen functional groups attached to an aromatic ring is 1. The van der Waals surface area contributed by atoms with Crippen LogP contribution in [-0.4, -0.2) is 23.7 Å². The van der Waals surface area contributed by atoms with Crippen LogP contribution in [0.5, 0.6) is 11.6 Å². The van der Waals surface area contributed by atoms with Crippen LogP contribution in [0.3, 0.4) is 0 Å². The minimum atomic E-state index is -0.0583. The molecule has 1 saturated carbocycles. The number of methoxy groups -OCH3 is 1. The summed E-state index contributed by atoms with van der Waals surface area (Å²) in [5, 5.41) is 5.98. The van der Waals surface area contributed by atoms with E-state index in [1.54, 1.807) is 13.2 Å². The zero-order valence-electron chi connectivity index (χ0n) is 14.8. The summed E-state index contributed by atoms with van der Waals surface area (Å²) in [7, 11) is 1.59. The van der Waals surface area contributed by atoms with Gasteiger partial charge >= 0.3 is 0 Å². The maximum atomic E-state index is 11.1. The van der Waals surface area contributed by atoms with Crippen LogP contribution >= 0.6 is 0 Å². The largest absolute Gasteiger partial charge is 0.497 e. The van der Waals surface area contributed by atoms with Gasteiger partial charge in [0.2, 0.25) is 11.6 Å². The molecule has 0 aliphatic heterocycles. The number of nitrogens with two attached hydrogens (primary N) is 1. The summed E-state index contributed by atoms with van der Waals surface area (Å²) in [4.78, 5) is 19.5. The number of hydrogen-bond acceptors (Lipinski definition) is 8. The topological polar surface area (TPSA) is 112 Å². The van der Waals surface area contributed by atoms with Gasteiger partial charge in [-0.2, -0.15) is 9.97 Å². The van der Waals surface area contributed by atoms with Crippen LogP contribution in [0.2, 0.25) is 0 Å². The first-order valence-electron chi connectivity index (χ1n) is 8.74. The van der Waals surface area contributed by atoms with Crippen molar-refractivity contribution in [3.05, 3.63) is 29.2 Å². The lowest BCUT2D eigenvalue weighted by molar-refractivity contribution is 0.203. The highest BCUT2D eigenvalue weighted by Gasteiger charge is 2.19. The van der Waals surface area contributed by atoms with E-state index >= 15 is 0 Å². The smallest absolute Gasteiger partial charge is 0.250 e. The number of rotatable bonds is 7. The van der Waals surface area contributed by atoms with Crippen molar-refractivity contribution in [3.8, 4) is 11.6 Å². The van der Waals surface area contributed by atoms with Crippen molar-refractivity contribution in [2.45, 2.75) is 32.1 Å². The average molecular weight is 357 g/mol. The number of ether oxygens (including phenoxy) is 2. The molecule has 0 spiro atoms. The van der Waals surface area contributed by atoms with Crippen molar-refractivity contribution < 1.29 is 9.47 Å². The summed E-state index contributed by atoms with van der Waals surface area (Å²) in [5.41, 5.74) is 6.53. The molecule has 0 unspecified atom stereocenters. The quantitative estimate of drug-likeness (QED) is 0.715. The average Bonchev–Trinajstić information content (AvgIpc) is 2.67. The van der Waals surface area contributed by atoms with E-state index in [0.717, 1.165) is 18.5 Å². The third-order valence-corrected chi connectivity index (χ3v) is 4.48. The molecule has 1 aliphatic rings. The molecule has 138 valence electrons. The minimum Gasteiger partial charge on any atom is -0.497 e. The molecule has 8 nitrogen and oxygen atoms in total. The number of aromatic nitrogens is 2. The zero-order chi connectivity index (χ0) is 18.4. The molecule has 0 saturated heterocycles. The molecule has 1 aliphatic carbocycles. The van der Waals surface area contributed by atoms with Gasteiger partial charge in [-0.05, 0) is 36.1 Å². The van der Waals surface area contributed by atoms with E-state index in [-0.39, 0.29) is 23.3 Å². The Morgan fingerprint density at radius 2 is 2.08 bits per heavy atom. The molecule has 1 fully saturated rings. The number of hydrogen-bond donors (Lipinski definition) is 2. The summed E-state index contributed by atoms with van der Waals surface area (Å²) in [5.74, 6) is 1.50. The van der Waals surface area contributed by atoms with Crippen LogP contribution in [0, 0.1) is 10.8 Å². The van der Waals surface area contributed by atoms with E-state index in [2.05, 4.69) is 20.5 Å². The van der Waals surface area contributed by atoms with Gasteiger partial charge in [0.05, 0.1) is 13.7 Å². The van der Waals surface area contributed by atoms with Crippen LogP contribution < -0.4 is 20.5 Å². The molecule has 2 aromatic rings. The molecule has 0 amide bonds. The highest BCUT2D eigenvalue weighted by Crippen LogP contribution is 2.34. The van der Waals surface area contributed by atoms with Gasteiger partial charge < -0.3 is 20.5 Å². The van der Waals surface area contributed by atoms with Crippen molar-refractivity contribution in [2.75, 3.05) is 24.8 Å². The fourth-order valence-corrected chi connectivity index (χ4v) is 3.07. The monoisotopic (exact) mass is 357 g/mol. The lowest BCUT2D eigenvalue weighted by atomic mass is 9.90. The first-order valence-corrected chi connectivity index (χ1v) is 8.74. The van der Waals surface area contributed by atoms with Gasteiger partial charge in [0.15, 0.2) is 5.82 Å². The third-order valence-electron chi connectivity index (χ3n) is 4.48. The highest BCUT2D eigenvalue weighted by atomic mass is 16.5. The Balaban J connectivity index is 1.77. The molecule has 3 rings (SSSR count). The Bertz CT molecular complexity index is 762. The predicted molar refractivity (Wildman–Crippen MR) is 100 cm³/mol. The van der Waals surface area contributed by atoms with Gasteiger partial charge in [0.1, 0.15) is 5.75 Å². The molecule has 1 aromatic heterocycles. The molecular weight excluding hydrogens is 334 g/mol. The van der Waals surface area contributed by atoms with E-state index in [0.29, 0.717) is 18.3 Å². The van der Waals surface area contributed by atoms with Crippen LogP contribution in [-0.2, 0) is 0 Å². The second kappa shape index (κ2) is 8.46. The Labute approximate surface area is 152 Å². The maximum absolute atomic E-state index is 11.1. The van der Waals surface area contributed by atoms with Crippen LogP contribution in [0.25, 0.3) is 0 Å². The summed E-state index contributed by atoms with van der Waals surface area (Å²) in [6.45, 7) is 0.498. The summed E-state index contributed by atoms with van der Waals surface area (Å²) >= 11 is 0. The number of benzene rings is 1.